The summed E-state index contributed by atoms with van der Waals surface area (Å²) in [6.45, 7) is 0. The maximum Gasteiger partial charge on any atom is 3.00 e. The summed E-state index contributed by atoms with van der Waals surface area (Å²) in [6.07, 6.45) is 0. The summed E-state index contributed by atoms with van der Waals surface area (Å²) in [6, 6.07) is 0. The maximum absolute atomic E-state index is 0. The van der Waals surface area contributed by atoms with Crippen LogP contribution in [0.15, 0.2) is 0 Å². The molecule has 0 saturated heterocycles. The molecule has 0 aromatic heterocycles. The van der Waals surface area contributed by atoms with Crippen molar-refractivity contribution in [2.24, 2.45) is 0 Å². The molecule has 0 aromatic carbocycles. The SMILES string of the molecule is [Fe+3].[Fe+3].[Ni+2].[O-2].[O-2].[O-2].[O-2]. The van der Waals surface area contributed by atoms with Gasteiger partial charge in [0.2, 0.25) is 0 Å². The van der Waals surface area contributed by atoms with Crippen molar-refractivity contribution in [3.63, 3.8) is 0 Å². The normalized spacial score (nSPS) is 0. The molecule has 0 amide bonds. The summed E-state index contributed by atoms with van der Waals surface area (Å²) in [5.74, 6) is 0. The van der Waals surface area contributed by atoms with Crippen LogP contribution in [0.25, 0.3) is 0 Å². The van der Waals surface area contributed by atoms with Crippen LogP contribution < -0.4 is 0 Å². The third-order valence-electron chi connectivity index (χ3n) is 0. The zero-order chi connectivity index (χ0) is 0. The van der Waals surface area contributed by atoms with Gasteiger partial charge in [-0.1, -0.05) is 0 Å². The van der Waals surface area contributed by atoms with Crippen molar-refractivity contribution in [2.45, 2.75) is 0 Å². The van der Waals surface area contributed by atoms with Gasteiger partial charge < -0.3 is 21.9 Å². The molecule has 7 heavy (non-hydrogen) atoms. The molecule has 0 aromatic rings. The summed E-state index contributed by atoms with van der Waals surface area (Å²) in [5, 5.41) is 0. The third-order valence-corrected chi connectivity index (χ3v) is 0. The minimum absolute atomic E-state index is 0. The van der Waals surface area contributed by atoms with Crippen molar-refractivity contribution in [1.82, 2.24) is 0 Å². The van der Waals surface area contributed by atoms with Crippen molar-refractivity contribution in [1.29, 1.82) is 0 Å². The number of hydrogen-bond acceptors (Lipinski definition) is 0. The first-order chi connectivity index (χ1) is 0. The Labute approximate surface area is 72.5 Å². The van der Waals surface area contributed by atoms with Gasteiger partial charge in [0.15, 0.2) is 0 Å². The second kappa shape index (κ2) is 159. The monoisotopic (exact) mass is 234 g/mol. The van der Waals surface area contributed by atoms with Crippen LogP contribution in [0.1, 0.15) is 0 Å². The quantitative estimate of drug-likeness (QED) is 0.504. The van der Waals surface area contributed by atoms with Gasteiger partial charge in [0.25, 0.3) is 0 Å². The van der Waals surface area contributed by atoms with Crippen LogP contribution in [0.4, 0.5) is 0 Å². The largest absolute Gasteiger partial charge is 3.00 e. The van der Waals surface area contributed by atoms with Gasteiger partial charge in [-0.25, -0.2) is 0 Å². The van der Waals surface area contributed by atoms with Gasteiger partial charge in [-0.05, 0) is 0 Å². The van der Waals surface area contributed by atoms with Crippen molar-refractivity contribution in [2.75, 3.05) is 0 Å². The van der Waals surface area contributed by atoms with Gasteiger partial charge >= 0.3 is 50.6 Å². The minimum Gasteiger partial charge on any atom is -2.00 e. The fourth-order valence-corrected chi connectivity index (χ4v) is 0. The van der Waals surface area contributed by atoms with Gasteiger partial charge in [0.1, 0.15) is 0 Å². The van der Waals surface area contributed by atoms with Crippen LogP contribution in [0.5, 0.6) is 0 Å². The molecule has 0 aliphatic carbocycles. The Kier molecular flexibility index (Phi) is 5490. The molecule has 0 atom stereocenters. The molecule has 0 N–H and O–H groups in total. The Morgan fingerprint density at radius 2 is 0.429 bits per heavy atom. The minimum atomic E-state index is 0. The molecule has 0 unspecified atom stereocenters. The van der Waals surface area contributed by atoms with Gasteiger partial charge in [-0.2, -0.15) is 0 Å². The van der Waals surface area contributed by atoms with E-state index in [0.29, 0.717) is 0 Å². The Bertz CT molecular complexity index is 9.65. The van der Waals surface area contributed by atoms with E-state index in [1.165, 1.54) is 0 Å². The molecule has 0 spiro atoms. The number of rotatable bonds is 0. The van der Waals surface area contributed by atoms with E-state index in [1.807, 2.05) is 0 Å². The Hall–Kier alpha value is 1.37. The van der Waals surface area contributed by atoms with E-state index in [4.69, 9.17) is 0 Å². The second-order valence-corrected chi connectivity index (χ2v) is 0. The molecule has 4 nitrogen and oxygen atoms in total. The summed E-state index contributed by atoms with van der Waals surface area (Å²) in [5.41, 5.74) is 0. The van der Waals surface area contributed by atoms with Crippen molar-refractivity contribution < 1.29 is 72.5 Å². The van der Waals surface area contributed by atoms with Crippen LogP contribution in [0.2, 0.25) is 0 Å². The van der Waals surface area contributed by atoms with Gasteiger partial charge in [-0.15, -0.1) is 0 Å². The predicted molar refractivity (Wildman–Crippen MR) is 2.75 cm³/mol. The maximum atomic E-state index is 0. The number of hydrogen-bond donors (Lipinski definition) is 0. The van der Waals surface area contributed by atoms with E-state index < -0.39 is 0 Å². The summed E-state index contributed by atoms with van der Waals surface area (Å²) < 4.78 is 0. The second-order valence-electron chi connectivity index (χ2n) is 0. The van der Waals surface area contributed by atoms with Crippen LogP contribution in [-0.2, 0) is 72.5 Å². The standard InChI is InChI=1S/2Fe.Ni.4O/q2*+3;+2;4*-2. The molecular weight excluding hydrogens is 234 g/mol. The van der Waals surface area contributed by atoms with E-state index in [0.717, 1.165) is 0 Å². The molecule has 0 saturated carbocycles. The van der Waals surface area contributed by atoms with E-state index in [1.54, 1.807) is 0 Å². The smallest absolute Gasteiger partial charge is 2.00 e. The Morgan fingerprint density at radius 1 is 0.429 bits per heavy atom. The molecule has 7 heteroatoms. The van der Waals surface area contributed by atoms with E-state index in [2.05, 4.69) is 0 Å². The van der Waals surface area contributed by atoms with Gasteiger partial charge in [0, 0.05) is 0 Å². The average molecular weight is 234 g/mol. The molecule has 0 aliphatic rings. The molecule has 0 fully saturated rings. The molecule has 2 radical (unpaired) electrons. The van der Waals surface area contributed by atoms with E-state index >= 15 is 0 Å². The molecule has 0 bridgehead atoms. The summed E-state index contributed by atoms with van der Waals surface area (Å²) in [4.78, 5) is 0. The summed E-state index contributed by atoms with van der Waals surface area (Å²) >= 11 is 0. The molecule has 0 heterocycles. The Morgan fingerprint density at radius 3 is 0.429 bits per heavy atom. The molecular formula is Fe2NiO4. The van der Waals surface area contributed by atoms with Gasteiger partial charge in [-0.3, -0.25) is 0 Å². The zero-order valence-electron chi connectivity index (χ0n) is 2.66. The van der Waals surface area contributed by atoms with Crippen molar-refractivity contribution in [3.05, 3.63) is 0 Å². The van der Waals surface area contributed by atoms with E-state index in [9.17, 15) is 0 Å². The van der Waals surface area contributed by atoms with Gasteiger partial charge in [0.05, 0.1) is 0 Å². The predicted octanol–water partition coefficient (Wildman–Crippen LogP) is -0.483. The molecule has 0 rings (SSSR count). The zero-order valence-corrected chi connectivity index (χ0v) is 5.85. The fraction of sp³-hybridized carbons (Fsp3) is 0. The van der Waals surface area contributed by atoms with Crippen LogP contribution in [-0.4, -0.2) is 0 Å². The first-order valence-corrected chi connectivity index (χ1v) is 0. The third kappa shape index (κ3) is 113. The van der Waals surface area contributed by atoms with Crippen molar-refractivity contribution >= 4 is 0 Å². The molecule has 0 aliphatic heterocycles. The van der Waals surface area contributed by atoms with Crippen LogP contribution in [0, 0.1) is 0 Å². The van der Waals surface area contributed by atoms with Crippen LogP contribution in [0.3, 0.4) is 0 Å². The van der Waals surface area contributed by atoms with Crippen LogP contribution >= 0.6 is 0 Å². The Balaban J connectivity index is 0. The first kappa shape index (κ1) is 242. The topological polar surface area (TPSA) is 114 Å². The molecule has 50 valence electrons. The fourth-order valence-electron chi connectivity index (χ4n) is 0. The summed E-state index contributed by atoms with van der Waals surface area (Å²) in [7, 11) is 0. The first-order valence-electron chi connectivity index (χ1n) is 0. The van der Waals surface area contributed by atoms with E-state index in [-0.39, 0.29) is 72.5 Å². The van der Waals surface area contributed by atoms with Crippen molar-refractivity contribution in [3.8, 4) is 0 Å². The average Bonchev–Trinajstić information content (AvgIpc) is 0.